The van der Waals surface area contributed by atoms with E-state index in [1.54, 1.807) is 0 Å². The Kier molecular flexibility index (Phi) is 2.16. The van der Waals surface area contributed by atoms with Crippen molar-refractivity contribution in [2.24, 2.45) is 0 Å². The standard InChI is InChI=1S/C14H12O/c1-9(2)8-13-10(3)14(15)12-7-5-4-6-11(12)13/h4-8H,1,3H2,2H3/b13-8+. The van der Waals surface area contributed by atoms with Gasteiger partial charge in [0.05, 0.1) is 0 Å². The lowest BCUT2D eigenvalue weighted by molar-refractivity contribution is 0.104. The molecular formula is C14H12O. The quantitative estimate of drug-likeness (QED) is 0.629. The molecule has 15 heavy (non-hydrogen) atoms. The average molecular weight is 196 g/mol. The zero-order valence-electron chi connectivity index (χ0n) is 8.71. The van der Waals surface area contributed by atoms with Crippen LogP contribution in [0.3, 0.4) is 0 Å². The maximum Gasteiger partial charge on any atom is 0.193 e. The van der Waals surface area contributed by atoms with Crippen molar-refractivity contribution in [3.8, 4) is 0 Å². The molecule has 0 bridgehead atoms. The van der Waals surface area contributed by atoms with Gasteiger partial charge in [0.2, 0.25) is 0 Å². The monoisotopic (exact) mass is 196 g/mol. The molecule has 0 saturated carbocycles. The van der Waals surface area contributed by atoms with Crippen LogP contribution >= 0.6 is 0 Å². The fourth-order valence-electron chi connectivity index (χ4n) is 1.77. The van der Waals surface area contributed by atoms with Crippen LogP contribution in [-0.4, -0.2) is 5.78 Å². The zero-order chi connectivity index (χ0) is 11.0. The highest BCUT2D eigenvalue weighted by Gasteiger charge is 2.27. The van der Waals surface area contributed by atoms with E-state index in [2.05, 4.69) is 13.2 Å². The van der Waals surface area contributed by atoms with Crippen molar-refractivity contribution in [3.63, 3.8) is 0 Å². The van der Waals surface area contributed by atoms with Crippen molar-refractivity contribution in [2.75, 3.05) is 0 Å². The minimum absolute atomic E-state index is 0.0260. The highest BCUT2D eigenvalue weighted by atomic mass is 16.1. The van der Waals surface area contributed by atoms with Gasteiger partial charge in [0.1, 0.15) is 0 Å². The van der Waals surface area contributed by atoms with Gasteiger partial charge in [-0.25, -0.2) is 0 Å². The highest BCUT2D eigenvalue weighted by Crippen LogP contribution is 2.35. The van der Waals surface area contributed by atoms with Crippen LogP contribution in [0.4, 0.5) is 0 Å². The van der Waals surface area contributed by atoms with Crippen molar-refractivity contribution < 1.29 is 4.79 Å². The van der Waals surface area contributed by atoms with E-state index in [9.17, 15) is 4.79 Å². The van der Waals surface area contributed by atoms with Crippen LogP contribution in [0.25, 0.3) is 5.57 Å². The maximum absolute atomic E-state index is 11.8. The minimum atomic E-state index is 0.0260. The van der Waals surface area contributed by atoms with E-state index in [1.165, 1.54) is 0 Å². The van der Waals surface area contributed by atoms with E-state index >= 15 is 0 Å². The summed E-state index contributed by atoms with van der Waals surface area (Å²) in [5.41, 5.74) is 4.11. The van der Waals surface area contributed by atoms with E-state index in [-0.39, 0.29) is 5.78 Å². The molecule has 0 unspecified atom stereocenters. The molecule has 0 spiro atoms. The first-order valence-electron chi connectivity index (χ1n) is 4.82. The Hall–Kier alpha value is -1.89. The van der Waals surface area contributed by atoms with Crippen LogP contribution in [0.5, 0.6) is 0 Å². The lowest BCUT2D eigenvalue weighted by Gasteiger charge is -1.99. The summed E-state index contributed by atoms with van der Waals surface area (Å²) in [5, 5.41) is 0. The molecular weight excluding hydrogens is 184 g/mol. The third kappa shape index (κ3) is 1.46. The minimum Gasteiger partial charge on any atom is -0.289 e. The number of rotatable bonds is 1. The number of allylic oxidation sites excluding steroid dienone is 4. The topological polar surface area (TPSA) is 17.1 Å². The molecule has 0 aromatic heterocycles. The SMILES string of the molecule is C=C(C)/C=C1\C(=C)C(=O)c2ccccc21. The molecule has 74 valence electrons. The van der Waals surface area contributed by atoms with Crippen molar-refractivity contribution in [1.82, 2.24) is 0 Å². The summed E-state index contributed by atoms with van der Waals surface area (Å²) < 4.78 is 0. The zero-order valence-corrected chi connectivity index (χ0v) is 8.71. The molecule has 2 rings (SSSR count). The van der Waals surface area contributed by atoms with E-state index in [0.717, 1.165) is 22.3 Å². The van der Waals surface area contributed by atoms with Crippen molar-refractivity contribution in [1.29, 1.82) is 0 Å². The Balaban J connectivity index is 2.67. The number of benzene rings is 1. The summed E-state index contributed by atoms with van der Waals surface area (Å²) in [4.78, 5) is 11.8. The van der Waals surface area contributed by atoms with Gasteiger partial charge in [-0.3, -0.25) is 4.79 Å². The number of carbonyl (C=O) groups is 1. The van der Waals surface area contributed by atoms with Crippen LogP contribution < -0.4 is 0 Å². The van der Waals surface area contributed by atoms with Crippen LogP contribution in [0.1, 0.15) is 22.8 Å². The van der Waals surface area contributed by atoms with Crippen molar-refractivity contribution in [2.45, 2.75) is 6.92 Å². The molecule has 0 saturated heterocycles. The first-order valence-corrected chi connectivity index (χ1v) is 4.82. The van der Waals surface area contributed by atoms with E-state index in [1.807, 2.05) is 37.3 Å². The van der Waals surface area contributed by atoms with Gasteiger partial charge < -0.3 is 0 Å². The van der Waals surface area contributed by atoms with Gasteiger partial charge in [-0.05, 0) is 18.1 Å². The molecule has 0 aliphatic heterocycles. The number of carbonyl (C=O) groups excluding carboxylic acids is 1. The number of Topliss-reactive ketones (excluding diaryl/α,β-unsaturated/α-hetero) is 1. The summed E-state index contributed by atoms with van der Waals surface area (Å²) in [7, 11) is 0. The van der Waals surface area contributed by atoms with Gasteiger partial charge in [0, 0.05) is 11.1 Å². The molecule has 1 nitrogen and oxygen atoms in total. The van der Waals surface area contributed by atoms with E-state index < -0.39 is 0 Å². The molecule has 1 aromatic rings. The Morgan fingerprint density at radius 3 is 2.47 bits per heavy atom. The molecule has 0 radical (unpaired) electrons. The van der Waals surface area contributed by atoms with Gasteiger partial charge in [-0.1, -0.05) is 49.1 Å². The molecule has 1 aliphatic rings. The first-order chi connectivity index (χ1) is 7.11. The molecule has 1 aromatic carbocycles. The summed E-state index contributed by atoms with van der Waals surface area (Å²) in [6.45, 7) is 9.56. The third-order valence-electron chi connectivity index (χ3n) is 2.45. The highest BCUT2D eigenvalue weighted by molar-refractivity contribution is 6.26. The van der Waals surface area contributed by atoms with Crippen LogP contribution in [-0.2, 0) is 0 Å². The summed E-state index contributed by atoms with van der Waals surface area (Å²) >= 11 is 0. The van der Waals surface area contributed by atoms with E-state index in [4.69, 9.17) is 0 Å². The molecule has 0 atom stereocenters. The molecule has 0 fully saturated rings. The molecule has 0 N–H and O–H groups in total. The Bertz CT molecular complexity index is 504. The Labute approximate surface area is 89.4 Å². The molecule has 0 amide bonds. The van der Waals surface area contributed by atoms with Crippen LogP contribution in [0, 0.1) is 0 Å². The third-order valence-corrected chi connectivity index (χ3v) is 2.45. The second-order valence-electron chi connectivity index (χ2n) is 3.76. The average Bonchev–Trinajstić information content (AvgIpc) is 2.44. The number of hydrogen-bond acceptors (Lipinski definition) is 1. The predicted octanol–water partition coefficient (Wildman–Crippen LogP) is 3.40. The fraction of sp³-hybridized carbons (Fsp3) is 0.0714. The maximum atomic E-state index is 11.8. The van der Waals surface area contributed by atoms with Gasteiger partial charge in [-0.2, -0.15) is 0 Å². The lowest BCUT2D eigenvalue weighted by atomic mass is 10.0. The predicted molar refractivity (Wildman–Crippen MR) is 62.7 cm³/mol. The van der Waals surface area contributed by atoms with Gasteiger partial charge in [-0.15, -0.1) is 0 Å². The number of fused-ring (bicyclic) bond motifs is 1. The summed E-state index contributed by atoms with van der Waals surface area (Å²) in [6, 6.07) is 7.58. The fourth-order valence-corrected chi connectivity index (χ4v) is 1.77. The largest absolute Gasteiger partial charge is 0.289 e. The Morgan fingerprint density at radius 1 is 1.27 bits per heavy atom. The molecule has 1 aliphatic carbocycles. The van der Waals surface area contributed by atoms with Crippen LogP contribution in [0.15, 0.2) is 54.6 Å². The first kappa shape index (κ1) is 9.66. The van der Waals surface area contributed by atoms with Crippen molar-refractivity contribution >= 4 is 11.4 Å². The number of ketones is 1. The summed E-state index contributed by atoms with van der Waals surface area (Å²) in [6.07, 6.45) is 1.91. The van der Waals surface area contributed by atoms with E-state index in [0.29, 0.717) is 5.57 Å². The number of hydrogen-bond donors (Lipinski definition) is 0. The molecule has 0 heterocycles. The van der Waals surface area contributed by atoms with Crippen LogP contribution in [0.2, 0.25) is 0 Å². The summed E-state index contributed by atoms with van der Waals surface area (Å²) in [5.74, 6) is 0.0260. The normalized spacial score (nSPS) is 17.0. The second kappa shape index (κ2) is 3.35. The van der Waals surface area contributed by atoms with Gasteiger partial charge in [0.15, 0.2) is 5.78 Å². The van der Waals surface area contributed by atoms with Crippen molar-refractivity contribution in [3.05, 3.63) is 65.8 Å². The second-order valence-corrected chi connectivity index (χ2v) is 3.76. The smallest absolute Gasteiger partial charge is 0.193 e. The van der Waals surface area contributed by atoms with Gasteiger partial charge >= 0.3 is 0 Å². The lowest BCUT2D eigenvalue weighted by Crippen LogP contribution is -1.92. The Morgan fingerprint density at radius 2 is 1.87 bits per heavy atom. The van der Waals surface area contributed by atoms with Gasteiger partial charge in [0.25, 0.3) is 0 Å². The molecule has 1 heteroatoms.